The first kappa shape index (κ1) is 32.5. The zero-order valence-electron chi connectivity index (χ0n) is 25.9. The van der Waals surface area contributed by atoms with Crippen molar-refractivity contribution in [3.63, 3.8) is 0 Å². The summed E-state index contributed by atoms with van der Waals surface area (Å²) in [6.07, 6.45) is -1.86. The van der Waals surface area contributed by atoms with E-state index in [2.05, 4.69) is 5.32 Å². The van der Waals surface area contributed by atoms with Crippen LogP contribution in [0.15, 0.2) is 54.7 Å². The SMILES string of the molecule is CC(O)C(=O)N(CC1CN(C(=O)OC(C)(C)C)CC1F)C(c1nc(-c2cc(F)ccc2F)cn1Cc1ccccc1)C1CNC1. The first-order chi connectivity index (χ1) is 21.3. The molecule has 1 aromatic heterocycles. The van der Waals surface area contributed by atoms with Gasteiger partial charge in [0, 0.05) is 56.3 Å². The topological polar surface area (TPSA) is 99.9 Å². The number of likely N-dealkylation sites (tertiary alicyclic amines) is 1. The number of hydrogen-bond donors (Lipinski definition) is 2. The minimum atomic E-state index is -1.44. The second-order valence-electron chi connectivity index (χ2n) is 12.9. The third-order valence-corrected chi connectivity index (χ3v) is 8.15. The number of hydrogen-bond acceptors (Lipinski definition) is 6. The van der Waals surface area contributed by atoms with Crippen LogP contribution in [0.4, 0.5) is 18.0 Å². The van der Waals surface area contributed by atoms with E-state index in [1.54, 1.807) is 31.5 Å². The van der Waals surface area contributed by atoms with Crippen molar-refractivity contribution in [2.24, 2.45) is 11.8 Å². The van der Waals surface area contributed by atoms with E-state index in [1.807, 2.05) is 30.3 Å². The first-order valence-electron chi connectivity index (χ1n) is 15.2. The lowest BCUT2D eigenvalue weighted by Crippen LogP contribution is -2.55. The Balaban J connectivity index is 1.55. The molecule has 12 heteroatoms. The molecule has 0 aliphatic carbocycles. The van der Waals surface area contributed by atoms with E-state index in [0.29, 0.717) is 25.5 Å². The minimum absolute atomic E-state index is 0.0213. The molecule has 3 heterocycles. The summed E-state index contributed by atoms with van der Waals surface area (Å²) in [6, 6.07) is 11.9. The first-order valence-corrected chi connectivity index (χ1v) is 15.2. The number of aliphatic hydroxyl groups excluding tert-OH is 1. The van der Waals surface area contributed by atoms with Crippen molar-refractivity contribution in [3.05, 3.63) is 77.8 Å². The molecule has 2 saturated heterocycles. The summed E-state index contributed by atoms with van der Waals surface area (Å²) in [4.78, 5) is 34.0. The fourth-order valence-electron chi connectivity index (χ4n) is 5.85. The van der Waals surface area contributed by atoms with Crippen LogP contribution in [0, 0.1) is 23.5 Å². The Hall–Kier alpha value is -3.90. The number of nitrogens with one attached hydrogen (secondary N) is 1. The number of amides is 2. The molecule has 2 aromatic carbocycles. The van der Waals surface area contributed by atoms with Gasteiger partial charge in [0.1, 0.15) is 35.3 Å². The van der Waals surface area contributed by atoms with Gasteiger partial charge in [0.15, 0.2) is 0 Å². The number of carbonyl (C=O) groups excluding carboxylic acids is 2. The number of aliphatic hydroxyl groups is 1. The minimum Gasteiger partial charge on any atom is -0.444 e. The van der Waals surface area contributed by atoms with Crippen LogP contribution in [0.1, 0.15) is 45.1 Å². The molecule has 0 saturated carbocycles. The van der Waals surface area contributed by atoms with Crippen LogP contribution in [-0.2, 0) is 16.1 Å². The standard InChI is InChI=1S/C33H40F3N5O4/c1-20(42)31(43)41(17-23-16-40(18-27(23)36)32(44)45-33(2,3)4)29(22-13-37-14-22)30-38-28(25-12-24(34)10-11-26(25)35)19-39(30)15-21-8-6-5-7-9-21/h5-12,19-20,22-23,27,29,37,42H,13-18H2,1-4H3. The van der Waals surface area contributed by atoms with Crippen molar-refractivity contribution in [1.82, 2.24) is 24.7 Å². The van der Waals surface area contributed by atoms with Crippen molar-refractivity contribution >= 4 is 12.0 Å². The highest BCUT2D eigenvalue weighted by molar-refractivity contribution is 5.81. The molecule has 2 fully saturated rings. The molecule has 4 atom stereocenters. The number of rotatable bonds is 9. The lowest BCUT2D eigenvalue weighted by atomic mass is 9.90. The largest absolute Gasteiger partial charge is 0.444 e. The zero-order chi connectivity index (χ0) is 32.5. The molecular formula is C33H40F3N5O4. The molecule has 0 spiro atoms. The van der Waals surface area contributed by atoms with Crippen LogP contribution in [0.2, 0.25) is 0 Å². The zero-order valence-corrected chi connectivity index (χ0v) is 25.9. The number of imidazole rings is 1. The molecule has 45 heavy (non-hydrogen) atoms. The molecule has 0 bridgehead atoms. The predicted molar refractivity (Wildman–Crippen MR) is 162 cm³/mol. The highest BCUT2D eigenvalue weighted by Gasteiger charge is 2.44. The summed E-state index contributed by atoms with van der Waals surface area (Å²) in [6.45, 7) is 7.62. The smallest absolute Gasteiger partial charge is 0.410 e. The molecule has 3 aromatic rings. The molecule has 242 valence electrons. The van der Waals surface area contributed by atoms with Gasteiger partial charge in [-0.15, -0.1) is 0 Å². The van der Waals surface area contributed by atoms with Crippen LogP contribution >= 0.6 is 0 Å². The van der Waals surface area contributed by atoms with Crippen LogP contribution in [0.3, 0.4) is 0 Å². The highest BCUT2D eigenvalue weighted by atomic mass is 19.1. The normalized spacial score (nSPS) is 20.0. The number of aromatic nitrogens is 2. The van der Waals surface area contributed by atoms with Gasteiger partial charge in [-0.3, -0.25) is 4.79 Å². The fraction of sp³-hybridized carbons (Fsp3) is 0.485. The van der Waals surface area contributed by atoms with E-state index in [0.717, 1.165) is 23.8 Å². The number of carbonyl (C=O) groups is 2. The van der Waals surface area contributed by atoms with Crippen molar-refractivity contribution in [2.75, 3.05) is 32.7 Å². The van der Waals surface area contributed by atoms with Crippen molar-refractivity contribution in [1.29, 1.82) is 0 Å². The molecular weight excluding hydrogens is 587 g/mol. The molecule has 9 nitrogen and oxygen atoms in total. The summed E-state index contributed by atoms with van der Waals surface area (Å²) in [5.41, 5.74) is 0.301. The Morgan fingerprint density at radius 1 is 1.13 bits per heavy atom. The Bertz CT molecular complexity index is 1510. The van der Waals surface area contributed by atoms with Crippen LogP contribution in [-0.4, -0.2) is 87.1 Å². The Morgan fingerprint density at radius 3 is 2.47 bits per heavy atom. The highest BCUT2D eigenvalue weighted by Crippen LogP contribution is 2.36. The van der Waals surface area contributed by atoms with E-state index in [4.69, 9.17) is 9.72 Å². The van der Waals surface area contributed by atoms with Crippen molar-refractivity contribution < 1.29 is 32.6 Å². The van der Waals surface area contributed by atoms with Gasteiger partial charge in [0.25, 0.3) is 5.91 Å². The lowest BCUT2D eigenvalue weighted by molar-refractivity contribution is -0.145. The van der Waals surface area contributed by atoms with Crippen molar-refractivity contribution in [3.8, 4) is 11.3 Å². The lowest BCUT2D eigenvalue weighted by Gasteiger charge is -2.42. The number of ether oxygens (including phenoxy) is 1. The average molecular weight is 628 g/mol. The van der Waals surface area contributed by atoms with Gasteiger partial charge in [-0.05, 0) is 51.5 Å². The second kappa shape index (κ2) is 13.2. The summed E-state index contributed by atoms with van der Waals surface area (Å²) < 4.78 is 52.0. The van der Waals surface area contributed by atoms with E-state index in [1.165, 1.54) is 16.7 Å². The Labute approximate surface area is 261 Å². The Kier molecular flexibility index (Phi) is 9.54. The summed E-state index contributed by atoms with van der Waals surface area (Å²) >= 11 is 0. The Morgan fingerprint density at radius 2 is 1.84 bits per heavy atom. The molecule has 2 N–H and O–H groups in total. The maximum absolute atomic E-state index is 15.5. The summed E-state index contributed by atoms with van der Waals surface area (Å²) in [7, 11) is 0. The monoisotopic (exact) mass is 627 g/mol. The maximum Gasteiger partial charge on any atom is 0.410 e. The molecule has 2 aliphatic heterocycles. The van der Waals surface area contributed by atoms with E-state index in [-0.39, 0.29) is 36.8 Å². The summed E-state index contributed by atoms with van der Waals surface area (Å²) in [5.74, 6) is -2.43. The van der Waals surface area contributed by atoms with Gasteiger partial charge < -0.3 is 29.5 Å². The van der Waals surface area contributed by atoms with E-state index < -0.39 is 53.5 Å². The molecule has 5 rings (SSSR count). The third-order valence-electron chi connectivity index (χ3n) is 8.15. The van der Waals surface area contributed by atoms with Crippen molar-refractivity contribution in [2.45, 2.75) is 58.2 Å². The van der Waals surface area contributed by atoms with Gasteiger partial charge in [-0.1, -0.05) is 30.3 Å². The number of nitrogens with zero attached hydrogens (tertiary/aromatic N) is 4. The molecule has 4 unspecified atom stereocenters. The van der Waals surface area contributed by atoms with Gasteiger partial charge in [0.05, 0.1) is 18.3 Å². The fourth-order valence-corrected chi connectivity index (χ4v) is 5.85. The maximum atomic E-state index is 15.5. The summed E-state index contributed by atoms with van der Waals surface area (Å²) in [5, 5.41) is 13.7. The van der Waals surface area contributed by atoms with Gasteiger partial charge in [-0.25, -0.2) is 22.9 Å². The number of halogens is 3. The average Bonchev–Trinajstić information content (AvgIpc) is 3.53. The third kappa shape index (κ3) is 7.50. The molecule has 2 aliphatic rings. The molecule has 2 amide bonds. The van der Waals surface area contributed by atoms with E-state index in [9.17, 15) is 23.5 Å². The quantitative estimate of drug-likeness (QED) is 0.361. The predicted octanol–water partition coefficient (Wildman–Crippen LogP) is 4.55. The van der Waals surface area contributed by atoms with E-state index >= 15 is 4.39 Å². The van der Waals surface area contributed by atoms with Crippen LogP contribution < -0.4 is 5.32 Å². The van der Waals surface area contributed by atoms with Crippen LogP contribution in [0.5, 0.6) is 0 Å². The van der Waals surface area contributed by atoms with Gasteiger partial charge in [-0.2, -0.15) is 0 Å². The number of benzene rings is 2. The second-order valence-corrected chi connectivity index (χ2v) is 12.9. The van der Waals surface area contributed by atoms with Gasteiger partial charge in [0.2, 0.25) is 0 Å². The van der Waals surface area contributed by atoms with Gasteiger partial charge >= 0.3 is 6.09 Å². The van der Waals surface area contributed by atoms with Crippen LogP contribution in [0.25, 0.3) is 11.3 Å². The number of alkyl halides is 1. The molecule has 0 radical (unpaired) electrons.